The van der Waals surface area contributed by atoms with Gasteiger partial charge in [0.1, 0.15) is 0 Å². The molecule has 9 aromatic rings. The Morgan fingerprint density at radius 1 is 0.326 bits per heavy atom. The van der Waals surface area contributed by atoms with Crippen molar-refractivity contribution in [2.45, 2.75) is 0 Å². The largest absolute Gasteiger partial charge is 0.135 e. The zero-order valence-electron chi connectivity index (χ0n) is 23.4. The van der Waals surface area contributed by atoms with E-state index in [0.717, 1.165) is 0 Å². The zero-order valence-corrected chi connectivity index (χ0v) is 24.2. The Morgan fingerprint density at radius 2 is 0.837 bits per heavy atom. The van der Waals surface area contributed by atoms with Crippen LogP contribution in [0.2, 0.25) is 0 Å². The van der Waals surface area contributed by atoms with Gasteiger partial charge in [-0.25, -0.2) is 0 Å². The summed E-state index contributed by atoms with van der Waals surface area (Å²) in [6, 6.07) is 57.9. The lowest BCUT2D eigenvalue weighted by Gasteiger charge is -2.19. The van der Waals surface area contributed by atoms with Crippen molar-refractivity contribution in [2.24, 2.45) is 0 Å². The molecule has 200 valence electrons. The van der Waals surface area contributed by atoms with E-state index in [9.17, 15) is 0 Å². The second-order valence-electron chi connectivity index (χ2n) is 11.2. The van der Waals surface area contributed by atoms with Crippen molar-refractivity contribution in [1.82, 2.24) is 0 Å². The molecular weight excluding hydrogens is 537 g/mol. The van der Waals surface area contributed by atoms with Gasteiger partial charge in [-0.05, 0) is 83.9 Å². The van der Waals surface area contributed by atoms with E-state index < -0.39 is 0 Å². The van der Waals surface area contributed by atoms with E-state index in [4.69, 9.17) is 0 Å². The van der Waals surface area contributed by atoms with Crippen molar-refractivity contribution in [3.05, 3.63) is 158 Å². The van der Waals surface area contributed by atoms with E-state index in [0.29, 0.717) is 0 Å². The summed E-state index contributed by atoms with van der Waals surface area (Å²) in [6.45, 7) is 0. The average molecular weight is 563 g/mol. The molecular formula is C42H26S. The molecule has 43 heavy (non-hydrogen) atoms. The third-order valence-corrected chi connectivity index (χ3v) is 9.99. The van der Waals surface area contributed by atoms with E-state index in [2.05, 4.69) is 158 Å². The predicted molar refractivity (Wildman–Crippen MR) is 188 cm³/mol. The van der Waals surface area contributed by atoms with E-state index in [1.807, 2.05) is 11.3 Å². The normalized spacial score (nSPS) is 11.7. The molecule has 0 aliphatic rings. The molecule has 0 unspecified atom stereocenters. The van der Waals surface area contributed by atoms with Crippen LogP contribution in [-0.4, -0.2) is 0 Å². The number of benzene rings is 8. The molecule has 0 spiro atoms. The Morgan fingerprint density at radius 3 is 1.60 bits per heavy atom. The lowest BCUT2D eigenvalue weighted by molar-refractivity contribution is 1.63. The molecule has 9 rings (SSSR count). The Labute approximate surface area is 254 Å². The Bertz CT molecular complexity index is 2450. The van der Waals surface area contributed by atoms with E-state index in [-0.39, 0.29) is 0 Å². The maximum Gasteiger partial charge on any atom is 0.0361 e. The summed E-state index contributed by atoms with van der Waals surface area (Å²) in [4.78, 5) is 0. The minimum atomic E-state index is 1.24. The second-order valence-corrected chi connectivity index (χ2v) is 12.3. The minimum Gasteiger partial charge on any atom is -0.135 e. The molecule has 0 radical (unpaired) electrons. The van der Waals surface area contributed by atoms with Gasteiger partial charge < -0.3 is 0 Å². The molecule has 0 aliphatic carbocycles. The monoisotopic (exact) mass is 562 g/mol. The number of fused-ring (bicyclic) bond motifs is 6. The van der Waals surface area contributed by atoms with Crippen molar-refractivity contribution in [3.63, 3.8) is 0 Å². The average Bonchev–Trinajstić information content (AvgIpc) is 3.46. The lowest BCUT2D eigenvalue weighted by Crippen LogP contribution is -1.91. The van der Waals surface area contributed by atoms with Crippen LogP contribution in [0.4, 0.5) is 0 Å². The molecule has 0 saturated heterocycles. The molecule has 1 aromatic heterocycles. The molecule has 1 heterocycles. The Kier molecular flexibility index (Phi) is 5.47. The zero-order chi connectivity index (χ0) is 28.3. The minimum absolute atomic E-state index is 1.24. The van der Waals surface area contributed by atoms with Crippen LogP contribution >= 0.6 is 11.3 Å². The summed E-state index contributed by atoms with van der Waals surface area (Å²) in [5.74, 6) is 0. The van der Waals surface area contributed by atoms with E-state index in [1.165, 1.54) is 85.9 Å². The van der Waals surface area contributed by atoms with E-state index >= 15 is 0 Å². The van der Waals surface area contributed by atoms with Crippen LogP contribution < -0.4 is 0 Å². The van der Waals surface area contributed by atoms with Crippen LogP contribution in [-0.2, 0) is 0 Å². The van der Waals surface area contributed by atoms with Crippen LogP contribution in [0.1, 0.15) is 0 Å². The second kappa shape index (κ2) is 9.66. The Balaban J connectivity index is 1.37. The highest BCUT2D eigenvalue weighted by Crippen LogP contribution is 2.48. The van der Waals surface area contributed by atoms with Gasteiger partial charge in [-0.1, -0.05) is 140 Å². The summed E-state index contributed by atoms with van der Waals surface area (Å²) in [5, 5.41) is 10.4. The number of hydrogen-bond donors (Lipinski definition) is 0. The van der Waals surface area contributed by atoms with Crippen molar-refractivity contribution in [2.75, 3.05) is 0 Å². The first-order valence-electron chi connectivity index (χ1n) is 14.8. The summed E-state index contributed by atoms with van der Waals surface area (Å²) in [7, 11) is 0. The van der Waals surface area contributed by atoms with Crippen molar-refractivity contribution >= 4 is 63.8 Å². The fourth-order valence-corrected chi connectivity index (χ4v) is 8.16. The van der Waals surface area contributed by atoms with Crippen molar-refractivity contribution in [1.29, 1.82) is 0 Å². The van der Waals surface area contributed by atoms with Gasteiger partial charge in [-0.3, -0.25) is 0 Å². The van der Waals surface area contributed by atoms with Crippen molar-refractivity contribution < 1.29 is 0 Å². The van der Waals surface area contributed by atoms with Gasteiger partial charge in [0.25, 0.3) is 0 Å². The molecule has 0 amide bonds. The topological polar surface area (TPSA) is 0 Å². The van der Waals surface area contributed by atoms with Crippen LogP contribution in [0.5, 0.6) is 0 Å². The smallest absolute Gasteiger partial charge is 0.0361 e. The molecule has 1 heteroatoms. The van der Waals surface area contributed by atoms with Gasteiger partial charge in [-0.15, -0.1) is 11.3 Å². The number of hydrogen-bond acceptors (Lipinski definition) is 1. The van der Waals surface area contributed by atoms with Gasteiger partial charge >= 0.3 is 0 Å². The summed E-state index contributed by atoms with van der Waals surface area (Å²) in [5.41, 5.74) is 7.65. The quantitative estimate of drug-likeness (QED) is 0.188. The molecule has 0 atom stereocenters. The first-order chi connectivity index (χ1) is 21.3. The van der Waals surface area contributed by atoms with Crippen LogP contribution in [0, 0.1) is 0 Å². The van der Waals surface area contributed by atoms with Crippen LogP contribution in [0.15, 0.2) is 158 Å². The van der Waals surface area contributed by atoms with Gasteiger partial charge in [0.15, 0.2) is 0 Å². The van der Waals surface area contributed by atoms with Gasteiger partial charge in [0, 0.05) is 20.2 Å². The standard InChI is InChI=1S/C42H26S/c1-2-16-30-27(12-1)13-10-22-31(30)28-14-9-15-29(26-28)40-32-17-3-5-19-34(32)41(35-20-6-4-18-33(35)40)37-23-11-25-39-42(37)36-21-7-8-24-38(36)43-39/h1-26H. The summed E-state index contributed by atoms with van der Waals surface area (Å²) >= 11 is 1.88. The molecule has 0 bridgehead atoms. The highest BCUT2D eigenvalue weighted by Gasteiger charge is 2.19. The maximum atomic E-state index is 2.38. The molecule has 0 aliphatic heterocycles. The summed E-state index contributed by atoms with van der Waals surface area (Å²) < 4.78 is 2.67. The van der Waals surface area contributed by atoms with Crippen LogP contribution in [0.3, 0.4) is 0 Å². The first-order valence-corrected chi connectivity index (χ1v) is 15.6. The first kappa shape index (κ1) is 24.4. The van der Waals surface area contributed by atoms with Crippen LogP contribution in [0.25, 0.3) is 85.9 Å². The molecule has 8 aromatic carbocycles. The molecule has 0 nitrogen and oxygen atoms in total. The van der Waals surface area contributed by atoms with Gasteiger partial charge in [0.05, 0.1) is 0 Å². The molecule has 0 fully saturated rings. The SMILES string of the molecule is c1cc(-c2cccc3ccccc23)cc(-c2c3ccccc3c(-c3cccc4sc5ccccc5c34)c3ccccc23)c1. The fourth-order valence-electron chi connectivity index (χ4n) is 7.03. The number of thiophene rings is 1. The van der Waals surface area contributed by atoms with Gasteiger partial charge in [-0.2, -0.15) is 0 Å². The summed E-state index contributed by atoms with van der Waals surface area (Å²) in [6.07, 6.45) is 0. The molecule has 0 saturated carbocycles. The predicted octanol–water partition coefficient (Wildman–Crippen LogP) is 12.5. The third kappa shape index (κ3) is 3.75. The third-order valence-electron chi connectivity index (χ3n) is 8.86. The van der Waals surface area contributed by atoms with Gasteiger partial charge in [0.2, 0.25) is 0 Å². The fraction of sp³-hybridized carbons (Fsp3) is 0. The lowest BCUT2D eigenvalue weighted by atomic mass is 9.84. The number of rotatable bonds is 3. The van der Waals surface area contributed by atoms with E-state index in [1.54, 1.807) is 0 Å². The maximum absolute atomic E-state index is 2.38. The highest BCUT2D eigenvalue weighted by molar-refractivity contribution is 7.25. The Hall–Kier alpha value is -5.24. The highest BCUT2D eigenvalue weighted by atomic mass is 32.1. The molecule has 0 N–H and O–H groups in total. The van der Waals surface area contributed by atoms with Crippen molar-refractivity contribution in [3.8, 4) is 33.4 Å².